The van der Waals surface area contributed by atoms with Crippen molar-refractivity contribution in [1.82, 2.24) is 0 Å². The molecule has 0 bridgehead atoms. The minimum Gasteiger partial charge on any atom is -0.493 e. The molecule has 0 spiro atoms. The van der Waals surface area contributed by atoms with E-state index in [2.05, 4.69) is 0 Å². The molecule has 0 aliphatic carbocycles. The first kappa shape index (κ1) is 13.3. The van der Waals surface area contributed by atoms with Gasteiger partial charge in [0, 0.05) is 18.0 Å². The van der Waals surface area contributed by atoms with Crippen LogP contribution in [0.2, 0.25) is 5.02 Å². The lowest BCUT2D eigenvalue weighted by Gasteiger charge is -2.17. The fraction of sp³-hybridized carbons (Fsp3) is 0.500. The third-order valence-corrected chi connectivity index (χ3v) is 2.58. The van der Waals surface area contributed by atoms with E-state index in [-0.39, 0.29) is 0 Å². The van der Waals surface area contributed by atoms with Gasteiger partial charge in [0.1, 0.15) is 5.75 Å². The molecule has 0 atom stereocenters. The Hall–Kier alpha value is -0.770. The van der Waals surface area contributed by atoms with Crippen LogP contribution in [-0.4, -0.2) is 17.3 Å². The fourth-order valence-corrected chi connectivity index (χ4v) is 1.45. The van der Waals surface area contributed by atoms with Crippen LogP contribution in [0.3, 0.4) is 0 Å². The van der Waals surface area contributed by atoms with E-state index in [0.717, 1.165) is 5.56 Å². The molecular weight excluding hydrogens is 226 g/mol. The smallest absolute Gasteiger partial charge is 0.120 e. The molecule has 3 nitrogen and oxygen atoms in total. The van der Waals surface area contributed by atoms with E-state index in [9.17, 15) is 5.11 Å². The van der Waals surface area contributed by atoms with Crippen LogP contribution in [0.5, 0.6) is 5.75 Å². The van der Waals surface area contributed by atoms with Crippen molar-refractivity contribution in [3.63, 3.8) is 0 Å². The first-order valence-electron chi connectivity index (χ1n) is 5.26. The summed E-state index contributed by atoms with van der Waals surface area (Å²) in [6.45, 7) is 4.38. The third kappa shape index (κ3) is 4.39. The molecule has 0 aliphatic heterocycles. The number of aliphatic hydroxyl groups is 1. The highest BCUT2D eigenvalue weighted by Crippen LogP contribution is 2.22. The first-order chi connectivity index (χ1) is 7.42. The monoisotopic (exact) mass is 243 g/mol. The summed E-state index contributed by atoms with van der Waals surface area (Å²) >= 11 is 5.99. The maximum Gasteiger partial charge on any atom is 0.120 e. The molecule has 1 aromatic rings. The molecule has 1 aromatic carbocycles. The molecule has 0 aromatic heterocycles. The van der Waals surface area contributed by atoms with E-state index in [0.29, 0.717) is 30.3 Å². The van der Waals surface area contributed by atoms with Crippen LogP contribution >= 0.6 is 11.6 Å². The largest absolute Gasteiger partial charge is 0.493 e. The lowest BCUT2D eigenvalue weighted by atomic mass is 10.1. The zero-order chi connectivity index (χ0) is 12.2. The Kier molecular flexibility index (Phi) is 4.59. The Labute approximate surface area is 101 Å². The molecular formula is C12H18ClNO2. The molecule has 3 N–H and O–H groups in total. The van der Waals surface area contributed by atoms with Crippen LogP contribution in [0, 0.1) is 0 Å². The van der Waals surface area contributed by atoms with E-state index in [1.165, 1.54) is 0 Å². The highest BCUT2D eigenvalue weighted by molar-refractivity contribution is 6.31. The van der Waals surface area contributed by atoms with Crippen LogP contribution in [-0.2, 0) is 6.54 Å². The third-order valence-electron chi connectivity index (χ3n) is 2.23. The van der Waals surface area contributed by atoms with Crippen LogP contribution in [0.4, 0.5) is 0 Å². The lowest BCUT2D eigenvalue weighted by Crippen LogP contribution is -2.21. The topological polar surface area (TPSA) is 55.5 Å². The number of rotatable bonds is 5. The van der Waals surface area contributed by atoms with Gasteiger partial charge in [0.25, 0.3) is 0 Å². The second-order valence-electron chi connectivity index (χ2n) is 4.37. The SMILES string of the molecule is CC(C)(O)CCOc1ccc(CN)c(Cl)c1. The van der Waals surface area contributed by atoms with Gasteiger partial charge in [0.15, 0.2) is 0 Å². The predicted octanol–water partition coefficient (Wildman–Crippen LogP) is 2.34. The molecule has 0 saturated carbocycles. The molecule has 16 heavy (non-hydrogen) atoms. The maximum absolute atomic E-state index is 9.51. The summed E-state index contributed by atoms with van der Waals surface area (Å²) in [5.74, 6) is 0.700. The Bertz CT molecular complexity index is 347. The average molecular weight is 244 g/mol. The lowest BCUT2D eigenvalue weighted by molar-refractivity contribution is 0.0553. The van der Waals surface area contributed by atoms with Gasteiger partial charge < -0.3 is 15.6 Å². The molecule has 90 valence electrons. The zero-order valence-electron chi connectivity index (χ0n) is 9.66. The second-order valence-corrected chi connectivity index (χ2v) is 4.78. The van der Waals surface area contributed by atoms with E-state index in [1.807, 2.05) is 12.1 Å². The molecule has 0 amide bonds. The Balaban J connectivity index is 2.52. The quantitative estimate of drug-likeness (QED) is 0.835. The molecule has 0 aliphatic rings. The molecule has 0 heterocycles. The van der Waals surface area contributed by atoms with Gasteiger partial charge in [-0.3, -0.25) is 0 Å². The van der Waals surface area contributed by atoms with Crippen molar-refractivity contribution in [1.29, 1.82) is 0 Å². The molecule has 0 fully saturated rings. The maximum atomic E-state index is 9.51. The summed E-state index contributed by atoms with van der Waals surface area (Å²) in [5.41, 5.74) is 5.69. The van der Waals surface area contributed by atoms with E-state index in [1.54, 1.807) is 19.9 Å². The number of ether oxygens (including phenoxy) is 1. The van der Waals surface area contributed by atoms with Crippen molar-refractivity contribution in [3.8, 4) is 5.75 Å². The number of benzene rings is 1. The van der Waals surface area contributed by atoms with Gasteiger partial charge in [-0.05, 0) is 31.5 Å². The highest BCUT2D eigenvalue weighted by atomic mass is 35.5. The minimum absolute atomic E-state index is 0.419. The van der Waals surface area contributed by atoms with Crippen molar-refractivity contribution in [2.75, 3.05) is 6.61 Å². The molecule has 4 heteroatoms. The number of hydrogen-bond acceptors (Lipinski definition) is 3. The summed E-state index contributed by atoms with van der Waals surface area (Å²) in [6, 6.07) is 5.42. The summed E-state index contributed by atoms with van der Waals surface area (Å²) in [5, 5.41) is 10.1. The van der Waals surface area contributed by atoms with Crippen LogP contribution < -0.4 is 10.5 Å². The second kappa shape index (κ2) is 5.53. The standard InChI is InChI=1S/C12H18ClNO2/c1-12(2,15)5-6-16-10-4-3-9(8-14)11(13)7-10/h3-4,7,15H,5-6,8,14H2,1-2H3. The van der Waals surface area contributed by atoms with Crippen LogP contribution in [0.25, 0.3) is 0 Å². The first-order valence-corrected chi connectivity index (χ1v) is 5.64. The fourth-order valence-electron chi connectivity index (χ4n) is 1.20. The normalized spacial score (nSPS) is 11.6. The summed E-state index contributed by atoms with van der Waals surface area (Å²) in [4.78, 5) is 0. The van der Waals surface area contributed by atoms with E-state index in [4.69, 9.17) is 22.1 Å². The van der Waals surface area contributed by atoms with Crippen LogP contribution in [0.15, 0.2) is 18.2 Å². The van der Waals surface area contributed by atoms with Gasteiger partial charge in [0.2, 0.25) is 0 Å². The Morgan fingerprint density at radius 2 is 2.12 bits per heavy atom. The van der Waals surface area contributed by atoms with Gasteiger partial charge in [-0.1, -0.05) is 17.7 Å². The van der Waals surface area contributed by atoms with E-state index < -0.39 is 5.60 Å². The summed E-state index contributed by atoms with van der Waals surface area (Å²) in [7, 11) is 0. The predicted molar refractivity (Wildman–Crippen MR) is 65.8 cm³/mol. The van der Waals surface area contributed by atoms with Crippen molar-refractivity contribution >= 4 is 11.6 Å². The van der Waals surface area contributed by atoms with E-state index >= 15 is 0 Å². The van der Waals surface area contributed by atoms with Gasteiger partial charge in [-0.2, -0.15) is 0 Å². The average Bonchev–Trinajstić information content (AvgIpc) is 2.16. The van der Waals surface area contributed by atoms with Gasteiger partial charge in [-0.15, -0.1) is 0 Å². The van der Waals surface area contributed by atoms with Gasteiger partial charge in [-0.25, -0.2) is 0 Å². The Morgan fingerprint density at radius 3 is 2.62 bits per heavy atom. The number of halogens is 1. The molecule has 0 radical (unpaired) electrons. The van der Waals surface area contributed by atoms with Crippen molar-refractivity contribution in [3.05, 3.63) is 28.8 Å². The zero-order valence-corrected chi connectivity index (χ0v) is 10.4. The Morgan fingerprint density at radius 1 is 1.44 bits per heavy atom. The summed E-state index contributed by atoms with van der Waals surface area (Å²) < 4.78 is 5.48. The molecule has 0 saturated heterocycles. The van der Waals surface area contributed by atoms with Gasteiger partial charge in [0.05, 0.1) is 12.2 Å². The molecule has 1 rings (SSSR count). The highest BCUT2D eigenvalue weighted by Gasteiger charge is 2.12. The van der Waals surface area contributed by atoms with Crippen LogP contribution in [0.1, 0.15) is 25.8 Å². The number of hydrogen-bond donors (Lipinski definition) is 2. The van der Waals surface area contributed by atoms with Gasteiger partial charge >= 0.3 is 0 Å². The minimum atomic E-state index is -0.707. The van der Waals surface area contributed by atoms with Crippen molar-refractivity contribution < 1.29 is 9.84 Å². The number of nitrogens with two attached hydrogens (primary N) is 1. The van der Waals surface area contributed by atoms with Crippen molar-refractivity contribution in [2.45, 2.75) is 32.4 Å². The molecule has 0 unspecified atom stereocenters. The van der Waals surface area contributed by atoms with Crippen molar-refractivity contribution in [2.24, 2.45) is 5.73 Å². The summed E-state index contributed by atoms with van der Waals surface area (Å²) in [6.07, 6.45) is 0.573.